The molecule has 2 N–H and O–H groups in total. The molecule has 104 valence electrons. The molecule has 0 fully saturated rings. The van der Waals surface area contributed by atoms with Gasteiger partial charge in [-0.25, -0.2) is 0 Å². The van der Waals surface area contributed by atoms with Crippen molar-refractivity contribution < 1.29 is 9.53 Å². The molecule has 2 rings (SSSR count). The van der Waals surface area contributed by atoms with Crippen molar-refractivity contribution in [3.05, 3.63) is 29.3 Å². The summed E-state index contributed by atoms with van der Waals surface area (Å²) < 4.78 is 5.57. The van der Waals surface area contributed by atoms with Gasteiger partial charge in [-0.05, 0) is 49.9 Å². The van der Waals surface area contributed by atoms with E-state index >= 15 is 0 Å². The molecule has 0 unspecified atom stereocenters. The number of carbonyl (C=O) groups excluding carboxylic acids is 1. The largest absolute Gasteiger partial charge is 0.484 e. The summed E-state index contributed by atoms with van der Waals surface area (Å²) in [6.07, 6.45) is 1.99. The lowest BCUT2D eigenvalue weighted by Gasteiger charge is -2.21. The first-order chi connectivity index (χ1) is 8.99. The zero-order valence-electron chi connectivity index (χ0n) is 11.8. The van der Waals surface area contributed by atoms with Gasteiger partial charge in [0.2, 0.25) is 0 Å². The zero-order valence-corrected chi connectivity index (χ0v) is 11.8. The molecule has 0 saturated heterocycles. The van der Waals surface area contributed by atoms with Crippen LogP contribution in [-0.4, -0.2) is 30.5 Å². The molecule has 1 amide bonds. The first-order valence-corrected chi connectivity index (χ1v) is 6.76. The van der Waals surface area contributed by atoms with E-state index in [1.165, 1.54) is 11.1 Å². The standard InChI is InChI=1S/C15H22N2O2/c1-10(2)17(3)15(18)9-19-12-5-6-13-11(8-12)4-7-14(13)16/h5-6,8,10,14H,4,7,9,16H2,1-3H3/t14-/m1/s1. The minimum Gasteiger partial charge on any atom is -0.484 e. The van der Waals surface area contributed by atoms with Crippen molar-refractivity contribution in [2.24, 2.45) is 5.73 Å². The fourth-order valence-electron chi connectivity index (χ4n) is 2.25. The molecule has 4 heteroatoms. The normalized spacial score (nSPS) is 17.4. The fourth-order valence-corrected chi connectivity index (χ4v) is 2.25. The van der Waals surface area contributed by atoms with Gasteiger partial charge in [0.25, 0.3) is 5.91 Å². The van der Waals surface area contributed by atoms with Crippen molar-refractivity contribution in [3.8, 4) is 5.75 Å². The topological polar surface area (TPSA) is 55.6 Å². The molecule has 1 aliphatic carbocycles. The summed E-state index contributed by atoms with van der Waals surface area (Å²) in [6.45, 7) is 4.04. The maximum atomic E-state index is 11.8. The highest BCUT2D eigenvalue weighted by atomic mass is 16.5. The van der Waals surface area contributed by atoms with Crippen LogP contribution in [0, 0.1) is 0 Å². The van der Waals surface area contributed by atoms with Gasteiger partial charge in [-0.1, -0.05) is 6.07 Å². The van der Waals surface area contributed by atoms with Gasteiger partial charge in [0.1, 0.15) is 5.75 Å². The number of fused-ring (bicyclic) bond motifs is 1. The van der Waals surface area contributed by atoms with Crippen molar-refractivity contribution >= 4 is 5.91 Å². The summed E-state index contributed by atoms with van der Waals surface area (Å²) in [6, 6.07) is 6.25. The molecule has 0 aromatic heterocycles. The monoisotopic (exact) mass is 262 g/mol. The van der Waals surface area contributed by atoms with Gasteiger partial charge in [-0.15, -0.1) is 0 Å². The maximum absolute atomic E-state index is 11.8. The predicted molar refractivity (Wildman–Crippen MR) is 75.1 cm³/mol. The minimum atomic E-state index is -0.00722. The Balaban J connectivity index is 1.96. The lowest BCUT2D eigenvalue weighted by atomic mass is 10.1. The highest BCUT2D eigenvalue weighted by Gasteiger charge is 2.19. The van der Waals surface area contributed by atoms with Gasteiger partial charge in [-0.3, -0.25) is 4.79 Å². The molecule has 0 aliphatic heterocycles. The van der Waals surface area contributed by atoms with Crippen LogP contribution in [-0.2, 0) is 11.2 Å². The van der Waals surface area contributed by atoms with Crippen LogP contribution in [0.5, 0.6) is 5.75 Å². The van der Waals surface area contributed by atoms with Crippen molar-refractivity contribution in [3.63, 3.8) is 0 Å². The first kappa shape index (κ1) is 13.9. The molecule has 0 saturated carbocycles. The lowest BCUT2D eigenvalue weighted by Crippen LogP contribution is -2.36. The number of amides is 1. The molecule has 0 heterocycles. The number of carbonyl (C=O) groups is 1. The van der Waals surface area contributed by atoms with Crippen LogP contribution in [0.25, 0.3) is 0 Å². The van der Waals surface area contributed by atoms with E-state index in [0.717, 1.165) is 18.6 Å². The van der Waals surface area contributed by atoms with E-state index < -0.39 is 0 Å². The fraction of sp³-hybridized carbons (Fsp3) is 0.533. The highest BCUT2D eigenvalue weighted by Crippen LogP contribution is 2.31. The zero-order chi connectivity index (χ0) is 14.0. The summed E-state index contributed by atoms with van der Waals surface area (Å²) in [7, 11) is 1.79. The predicted octanol–water partition coefficient (Wildman–Crippen LogP) is 1.88. The Labute approximate surface area is 114 Å². The van der Waals surface area contributed by atoms with E-state index in [1.807, 2.05) is 32.0 Å². The van der Waals surface area contributed by atoms with E-state index in [1.54, 1.807) is 11.9 Å². The van der Waals surface area contributed by atoms with Crippen LogP contribution in [0.2, 0.25) is 0 Å². The summed E-state index contributed by atoms with van der Waals surface area (Å²) in [5.74, 6) is 0.741. The van der Waals surface area contributed by atoms with Gasteiger partial charge < -0.3 is 15.4 Å². The molecule has 1 atom stereocenters. The van der Waals surface area contributed by atoms with E-state index in [9.17, 15) is 4.79 Å². The van der Waals surface area contributed by atoms with Gasteiger partial charge in [0, 0.05) is 19.1 Å². The number of ether oxygens (including phenoxy) is 1. The quantitative estimate of drug-likeness (QED) is 0.901. The second-order valence-corrected chi connectivity index (χ2v) is 5.39. The molecular formula is C15H22N2O2. The smallest absolute Gasteiger partial charge is 0.260 e. The van der Waals surface area contributed by atoms with Crippen molar-refractivity contribution in [1.29, 1.82) is 0 Å². The van der Waals surface area contributed by atoms with Crippen LogP contribution < -0.4 is 10.5 Å². The third kappa shape index (κ3) is 3.07. The average Bonchev–Trinajstić information content (AvgIpc) is 2.76. The molecule has 1 aromatic carbocycles. The molecule has 0 radical (unpaired) electrons. The summed E-state index contributed by atoms with van der Waals surface area (Å²) in [5.41, 5.74) is 8.44. The number of hydrogen-bond donors (Lipinski definition) is 1. The highest BCUT2D eigenvalue weighted by molar-refractivity contribution is 5.77. The van der Waals surface area contributed by atoms with Gasteiger partial charge >= 0.3 is 0 Å². The number of likely N-dealkylation sites (N-methyl/N-ethyl adjacent to an activating group) is 1. The number of benzene rings is 1. The lowest BCUT2D eigenvalue weighted by molar-refractivity contribution is -0.133. The number of aryl methyl sites for hydroxylation is 1. The Kier molecular flexibility index (Phi) is 4.10. The molecular weight excluding hydrogens is 240 g/mol. The first-order valence-electron chi connectivity index (χ1n) is 6.76. The number of hydrogen-bond acceptors (Lipinski definition) is 3. The van der Waals surface area contributed by atoms with Crippen LogP contribution in [0.4, 0.5) is 0 Å². The molecule has 1 aliphatic rings. The van der Waals surface area contributed by atoms with Crippen LogP contribution in [0.15, 0.2) is 18.2 Å². The van der Waals surface area contributed by atoms with Crippen LogP contribution in [0.1, 0.15) is 37.4 Å². The van der Waals surface area contributed by atoms with Crippen molar-refractivity contribution in [2.45, 2.75) is 38.8 Å². The summed E-state index contributed by atoms with van der Waals surface area (Å²) in [4.78, 5) is 13.5. The third-order valence-corrected chi connectivity index (χ3v) is 3.77. The second kappa shape index (κ2) is 5.61. The maximum Gasteiger partial charge on any atom is 0.260 e. The van der Waals surface area contributed by atoms with E-state index in [0.29, 0.717) is 0 Å². The Morgan fingerprint density at radius 2 is 2.26 bits per heavy atom. The molecule has 4 nitrogen and oxygen atoms in total. The third-order valence-electron chi connectivity index (χ3n) is 3.77. The van der Waals surface area contributed by atoms with E-state index in [-0.39, 0.29) is 24.6 Å². The van der Waals surface area contributed by atoms with Crippen LogP contribution in [0.3, 0.4) is 0 Å². The van der Waals surface area contributed by atoms with E-state index in [4.69, 9.17) is 10.5 Å². The van der Waals surface area contributed by atoms with Crippen LogP contribution >= 0.6 is 0 Å². The second-order valence-electron chi connectivity index (χ2n) is 5.39. The Morgan fingerprint density at radius 1 is 1.53 bits per heavy atom. The number of nitrogens with two attached hydrogens (primary N) is 1. The van der Waals surface area contributed by atoms with Gasteiger partial charge in [0.05, 0.1) is 0 Å². The summed E-state index contributed by atoms with van der Waals surface area (Å²) >= 11 is 0. The van der Waals surface area contributed by atoms with Crippen molar-refractivity contribution in [1.82, 2.24) is 4.90 Å². The number of nitrogens with zero attached hydrogens (tertiary/aromatic N) is 1. The Morgan fingerprint density at radius 3 is 2.95 bits per heavy atom. The molecule has 19 heavy (non-hydrogen) atoms. The summed E-state index contributed by atoms with van der Waals surface area (Å²) in [5, 5.41) is 0. The SMILES string of the molecule is CC(C)N(C)C(=O)COc1ccc2c(c1)CC[C@H]2N. The van der Waals surface area contributed by atoms with E-state index in [2.05, 4.69) is 0 Å². The Bertz CT molecular complexity index is 471. The average molecular weight is 262 g/mol. The van der Waals surface area contributed by atoms with Crippen molar-refractivity contribution in [2.75, 3.05) is 13.7 Å². The molecule has 1 aromatic rings. The molecule has 0 bridgehead atoms. The number of rotatable bonds is 4. The minimum absolute atomic E-state index is 0.00722. The van der Waals surface area contributed by atoms with Gasteiger partial charge in [-0.2, -0.15) is 0 Å². The van der Waals surface area contributed by atoms with Gasteiger partial charge in [0.15, 0.2) is 6.61 Å². The molecule has 0 spiro atoms. The Hall–Kier alpha value is -1.55.